The highest BCUT2D eigenvalue weighted by atomic mass is 32.2. The number of primary sulfonamides is 1. The second-order valence-corrected chi connectivity index (χ2v) is 7.12. The van der Waals surface area contributed by atoms with Gasteiger partial charge >= 0.3 is 0 Å². The fourth-order valence-corrected chi connectivity index (χ4v) is 3.21. The lowest BCUT2D eigenvalue weighted by Crippen LogP contribution is -2.15. The van der Waals surface area contributed by atoms with Crippen molar-refractivity contribution in [1.82, 2.24) is 10.2 Å². The third-order valence-corrected chi connectivity index (χ3v) is 4.75. The smallest absolute Gasteiger partial charge is 0.278 e. The van der Waals surface area contributed by atoms with E-state index < -0.39 is 20.0 Å². The Balaban J connectivity index is 2.39. The van der Waals surface area contributed by atoms with E-state index in [0.717, 1.165) is 6.07 Å². The van der Waals surface area contributed by atoms with Gasteiger partial charge in [0.15, 0.2) is 5.03 Å². The van der Waals surface area contributed by atoms with E-state index in [1.165, 1.54) is 31.5 Å². The molecular weight excluding hydrogens is 320 g/mol. The standard InChI is InChI=1S/C10H12N4O5S2/c1-19-8-6-7(2-3-9(8)20(11,15)16)14-21(17,18)10-4-5-12-13-10/h2-6,14H,1H3,(H,12,13)(H2,11,15,16). The minimum Gasteiger partial charge on any atom is -0.495 e. The molecule has 0 bridgehead atoms. The number of H-pyrrole nitrogens is 1. The Morgan fingerprint density at radius 2 is 1.95 bits per heavy atom. The van der Waals surface area contributed by atoms with Crippen molar-refractivity contribution >= 4 is 25.7 Å². The SMILES string of the molecule is COc1cc(NS(=O)(=O)c2ccn[nH]2)ccc1S(N)(=O)=O. The Hall–Kier alpha value is -2.11. The van der Waals surface area contributed by atoms with E-state index in [2.05, 4.69) is 14.9 Å². The van der Waals surface area contributed by atoms with E-state index >= 15 is 0 Å². The van der Waals surface area contributed by atoms with Crippen LogP contribution < -0.4 is 14.6 Å². The number of sulfonamides is 2. The first-order chi connectivity index (χ1) is 9.74. The molecule has 1 heterocycles. The molecule has 0 aliphatic rings. The molecule has 0 saturated carbocycles. The Morgan fingerprint density at radius 1 is 1.24 bits per heavy atom. The quantitative estimate of drug-likeness (QED) is 0.695. The number of benzene rings is 1. The van der Waals surface area contributed by atoms with Crippen molar-refractivity contribution in [1.29, 1.82) is 0 Å². The van der Waals surface area contributed by atoms with Gasteiger partial charge in [-0.2, -0.15) is 13.5 Å². The third-order valence-electron chi connectivity index (χ3n) is 2.49. The minimum absolute atomic E-state index is 0.0673. The number of anilines is 1. The molecule has 0 aliphatic heterocycles. The number of aromatic amines is 1. The first-order valence-electron chi connectivity index (χ1n) is 5.47. The van der Waals surface area contributed by atoms with E-state index in [1.54, 1.807) is 0 Å². The Labute approximate surface area is 121 Å². The van der Waals surface area contributed by atoms with Crippen LogP contribution in [0.4, 0.5) is 5.69 Å². The van der Waals surface area contributed by atoms with Crippen molar-refractivity contribution in [3.8, 4) is 5.75 Å². The monoisotopic (exact) mass is 332 g/mol. The van der Waals surface area contributed by atoms with Crippen molar-refractivity contribution in [3.05, 3.63) is 30.5 Å². The third kappa shape index (κ3) is 3.32. The number of nitrogens with two attached hydrogens (primary N) is 1. The van der Waals surface area contributed by atoms with E-state index in [9.17, 15) is 16.8 Å². The molecule has 11 heteroatoms. The predicted molar refractivity (Wildman–Crippen MR) is 73.8 cm³/mol. The summed E-state index contributed by atoms with van der Waals surface area (Å²) in [4.78, 5) is -0.241. The minimum atomic E-state index is -3.97. The van der Waals surface area contributed by atoms with Gasteiger partial charge in [0.1, 0.15) is 10.6 Å². The van der Waals surface area contributed by atoms with Gasteiger partial charge in [0.25, 0.3) is 10.0 Å². The summed E-state index contributed by atoms with van der Waals surface area (Å²) >= 11 is 0. The molecule has 9 nitrogen and oxygen atoms in total. The predicted octanol–water partition coefficient (Wildman–Crippen LogP) is -0.134. The van der Waals surface area contributed by atoms with E-state index in [1.807, 2.05) is 0 Å². The van der Waals surface area contributed by atoms with Crippen molar-refractivity contribution in [2.24, 2.45) is 5.14 Å². The first-order valence-corrected chi connectivity index (χ1v) is 8.50. The second-order valence-electron chi connectivity index (χ2n) is 3.94. The van der Waals surface area contributed by atoms with Crippen LogP contribution >= 0.6 is 0 Å². The summed E-state index contributed by atoms with van der Waals surface area (Å²) in [6.07, 6.45) is 1.29. The summed E-state index contributed by atoms with van der Waals surface area (Å²) in [5, 5.41) is 10.8. The second kappa shape index (κ2) is 5.35. The van der Waals surface area contributed by atoms with Gasteiger partial charge in [-0.05, 0) is 18.2 Å². The molecule has 0 atom stereocenters. The van der Waals surface area contributed by atoms with Crippen LogP contribution in [0, 0.1) is 0 Å². The number of hydrogen-bond donors (Lipinski definition) is 3. The largest absolute Gasteiger partial charge is 0.495 e. The van der Waals surface area contributed by atoms with Crippen LogP contribution in [-0.4, -0.2) is 34.1 Å². The van der Waals surface area contributed by atoms with Crippen LogP contribution in [0.1, 0.15) is 0 Å². The zero-order chi connectivity index (χ0) is 15.7. The molecule has 0 spiro atoms. The molecule has 1 aromatic heterocycles. The van der Waals surface area contributed by atoms with Gasteiger partial charge in [0, 0.05) is 6.07 Å². The lowest BCUT2D eigenvalue weighted by atomic mass is 10.3. The van der Waals surface area contributed by atoms with E-state index in [4.69, 9.17) is 9.88 Å². The average Bonchev–Trinajstić information content (AvgIpc) is 2.91. The molecule has 0 amide bonds. The molecule has 114 valence electrons. The molecule has 0 radical (unpaired) electrons. The summed E-state index contributed by atoms with van der Waals surface area (Å²) in [6, 6.07) is 4.90. The Bertz CT molecular complexity index is 844. The zero-order valence-electron chi connectivity index (χ0n) is 10.8. The number of hydrogen-bond acceptors (Lipinski definition) is 6. The van der Waals surface area contributed by atoms with Gasteiger partial charge in [-0.1, -0.05) is 0 Å². The molecule has 1 aromatic carbocycles. The summed E-state index contributed by atoms with van der Waals surface area (Å²) in [7, 11) is -6.57. The molecule has 2 rings (SSSR count). The maximum atomic E-state index is 12.0. The molecule has 0 unspecified atom stereocenters. The van der Waals surface area contributed by atoms with Gasteiger partial charge < -0.3 is 4.74 Å². The van der Waals surface area contributed by atoms with E-state index in [0.29, 0.717) is 0 Å². The first kappa shape index (κ1) is 15.3. The highest BCUT2D eigenvalue weighted by Crippen LogP contribution is 2.27. The van der Waals surface area contributed by atoms with Crippen LogP contribution in [0.3, 0.4) is 0 Å². The lowest BCUT2D eigenvalue weighted by Gasteiger charge is -2.10. The maximum Gasteiger partial charge on any atom is 0.278 e. The fourth-order valence-electron chi connectivity index (χ4n) is 1.57. The van der Waals surface area contributed by atoms with E-state index in [-0.39, 0.29) is 21.4 Å². The topological polar surface area (TPSA) is 144 Å². The fraction of sp³-hybridized carbons (Fsp3) is 0.100. The average molecular weight is 332 g/mol. The summed E-state index contributed by atoms with van der Waals surface area (Å²) < 4.78 is 53.8. The molecule has 0 fully saturated rings. The Morgan fingerprint density at radius 3 is 2.48 bits per heavy atom. The molecule has 0 saturated heterocycles. The molecular formula is C10H12N4O5S2. The van der Waals surface area contributed by atoms with Crippen LogP contribution in [0.5, 0.6) is 5.75 Å². The molecule has 0 aliphatic carbocycles. The van der Waals surface area contributed by atoms with Crippen molar-refractivity contribution in [2.45, 2.75) is 9.92 Å². The summed E-state index contributed by atoms with van der Waals surface area (Å²) in [6.45, 7) is 0. The van der Waals surface area contributed by atoms with Gasteiger partial charge in [-0.15, -0.1) is 0 Å². The Kier molecular flexibility index (Phi) is 3.89. The number of rotatable bonds is 5. The highest BCUT2D eigenvalue weighted by Gasteiger charge is 2.19. The zero-order valence-corrected chi connectivity index (χ0v) is 12.4. The van der Waals surface area contributed by atoms with Gasteiger partial charge in [0.2, 0.25) is 10.0 Å². The van der Waals surface area contributed by atoms with Crippen LogP contribution in [0.25, 0.3) is 0 Å². The number of aromatic nitrogens is 2. The summed E-state index contributed by atoms with van der Waals surface area (Å²) in [5.41, 5.74) is 0.119. The van der Waals surface area contributed by atoms with Crippen molar-refractivity contribution in [3.63, 3.8) is 0 Å². The van der Waals surface area contributed by atoms with Gasteiger partial charge in [-0.3, -0.25) is 9.82 Å². The number of nitrogens with one attached hydrogen (secondary N) is 2. The summed E-state index contributed by atoms with van der Waals surface area (Å²) in [5.74, 6) is -0.0673. The maximum absolute atomic E-state index is 12.0. The van der Waals surface area contributed by atoms with Crippen LogP contribution in [0.2, 0.25) is 0 Å². The van der Waals surface area contributed by atoms with Gasteiger partial charge in [-0.25, -0.2) is 13.6 Å². The lowest BCUT2D eigenvalue weighted by molar-refractivity contribution is 0.403. The number of methoxy groups -OCH3 is 1. The highest BCUT2D eigenvalue weighted by molar-refractivity contribution is 7.92. The molecule has 2 aromatic rings. The van der Waals surface area contributed by atoms with Crippen molar-refractivity contribution in [2.75, 3.05) is 11.8 Å². The van der Waals surface area contributed by atoms with Crippen LogP contribution in [0.15, 0.2) is 40.4 Å². The van der Waals surface area contributed by atoms with Crippen LogP contribution in [-0.2, 0) is 20.0 Å². The van der Waals surface area contributed by atoms with Crippen molar-refractivity contribution < 1.29 is 21.6 Å². The number of nitrogens with zero attached hydrogens (tertiary/aromatic N) is 1. The van der Waals surface area contributed by atoms with Gasteiger partial charge in [0.05, 0.1) is 19.0 Å². The molecule has 4 N–H and O–H groups in total. The number of ether oxygens (including phenoxy) is 1. The normalized spacial score (nSPS) is 12.1. The molecule has 21 heavy (non-hydrogen) atoms.